The summed E-state index contributed by atoms with van der Waals surface area (Å²) in [5, 5.41) is 16.3. The molecule has 0 aromatic carbocycles. The third kappa shape index (κ3) is 3.51. The molecule has 0 spiro atoms. The van der Waals surface area contributed by atoms with Crippen LogP contribution in [0, 0.1) is 11.8 Å². The van der Waals surface area contributed by atoms with Crippen molar-refractivity contribution in [3.8, 4) is 0 Å². The van der Waals surface area contributed by atoms with Crippen LogP contribution in [0.1, 0.15) is 19.8 Å². The summed E-state index contributed by atoms with van der Waals surface area (Å²) in [5.41, 5.74) is 0. The highest BCUT2D eigenvalue weighted by Crippen LogP contribution is 2.32. The zero-order chi connectivity index (χ0) is 11.4. The largest absolute Gasteiger partial charge is 0.481 e. The third-order valence-electron chi connectivity index (χ3n) is 2.97. The van der Waals surface area contributed by atoms with Crippen molar-refractivity contribution in [1.82, 2.24) is 4.90 Å². The molecule has 3 heterocycles. The molecular weight excluding hydrogens is 198 g/mol. The van der Waals surface area contributed by atoms with Gasteiger partial charge in [-0.15, -0.1) is 0 Å². The molecule has 0 aliphatic carbocycles. The number of hydrogen-bond donors (Lipinski definition) is 2. The Kier molecular flexibility index (Phi) is 4.08. The van der Waals surface area contributed by atoms with E-state index in [9.17, 15) is 4.79 Å². The first kappa shape index (κ1) is 12.0. The number of piperidine rings is 3. The first-order valence-electron chi connectivity index (χ1n) is 5.15. The summed E-state index contributed by atoms with van der Waals surface area (Å²) in [5.74, 6) is -1.03. The zero-order valence-electron chi connectivity index (χ0n) is 8.85. The fraction of sp³-hybridized carbons (Fsp3) is 0.800. The molecule has 2 bridgehead atoms. The second kappa shape index (κ2) is 5.11. The van der Waals surface area contributed by atoms with E-state index in [2.05, 4.69) is 4.90 Å². The van der Waals surface area contributed by atoms with Crippen molar-refractivity contribution in [3.05, 3.63) is 0 Å². The second-order valence-corrected chi connectivity index (χ2v) is 4.10. The first-order chi connectivity index (χ1) is 7.00. The first-order valence-corrected chi connectivity index (χ1v) is 5.15. The molecule has 0 amide bonds. The van der Waals surface area contributed by atoms with E-state index in [0.29, 0.717) is 5.92 Å². The topological polar surface area (TPSA) is 77.8 Å². The molecule has 0 aromatic heterocycles. The highest BCUT2D eigenvalue weighted by atomic mass is 16.4. The van der Waals surface area contributed by atoms with Crippen molar-refractivity contribution < 1.29 is 19.8 Å². The maximum absolute atomic E-state index is 10.7. The highest BCUT2D eigenvalue weighted by Gasteiger charge is 2.37. The molecule has 1 unspecified atom stereocenters. The van der Waals surface area contributed by atoms with Crippen LogP contribution in [0.15, 0.2) is 0 Å². The van der Waals surface area contributed by atoms with Gasteiger partial charge in [-0.05, 0) is 31.8 Å². The Bertz CT molecular complexity index is 242. The summed E-state index contributed by atoms with van der Waals surface area (Å²) in [4.78, 5) is 22.0. The number of aliphatic carboxylic acids is 2. The van der Waals surface area contributed by atoms with Crippen LogP contribution in [0.5, 0.6) is 0 Å². The smallest absolute Gasteiger partial charge is 0.308 e. The Morgan fingerprint density at radius 2 is 1.67 bits per heavy atom. The summed E-state index contributed by atoms with van der Waals surface area (Å²) >= 11 is 0. The van der Waals surface area contributed by atoms with Crippen LogP contribution < -0.4 is 0 Å². The number of fused-ring (bicyclic) bond motifs is 3. The van der Waals surface area contributed by atoms with Crippen LogP contribution in [-0.2, 0) is 9.59 Å². The normalized spacial score (nSPS) is 32.7. The van der Waals surface area contributed by atoms with Crippen LogP contribution >= 0.6 is 0 Å². The zero-order valence-corrected chi connectivity index (χ0v) is 8.85. The lowest BCUT2D eigenvalue weighted by Gasteiger charge is -2.42. The van der Waals surface area contributed by atoms with Gasteiger partial charge in [-0.1, -0.05) is 0 Å². The van der Waals surface area contributed by atoms with Gasteiger partial charge in [0.15, 0.2) is 0 Å². The molecular formula is C10H17NO4. The van der Waals surface area contributed by atoms with E-state index in [1.807, 2.05) is 0 Å². The fourth-order valence-electron chi connectivity index (χ4n) is 2.24. The SMILES string of the molecule is CC(=O)O.O=C(O)C1CN2CCC1CC2. The molecule has 3 aliphatic heterocycles. The quantitative estimate of drug-likeness (QED) is 0.666. The molecule has 5 heteroatoms. The van der Waals surface area contributed by atoms with E-state index >= 15 is 0 Å². The van der Waals surface area contributed by atoms with Gasteiger partial charge in [0.2, 0.25) is 0 Å². The lowest BCUT2D eigenvalue weighted by molar-refractivity contribution is -0.148. The van der Waals surface area contributed by atoms with Crippen LogP contribution in [0.25, 0.3) is 0 Å². The van der Waals surface area contributed by atoms with Gasteiger partial charge in [-0.25, -0.2) is 0 Å². The highest BCUT2D eigenvalue weighted by molar-refractivity contribution is 5.71. The predicted molar refractivity (Wildman–Crippen MR) is 53.6 cm³/mol. The van der Waals surface area contributed by atoms with E-state index in [1.165, 1.54) is 0 Å². The van der Waals surface area contributed by atoms with E-state index < -0.39 is 11.9 Å². The van der Waals surface area contributed by atoms with Gasteiger partial charge in [-0.2, -0.15) is 0 Å². The summed E-state index contributed by atoms with van der Waals surface area (Å²) in [6, 6.07) is 0. The third-order valence-corrected chi connectivity index (χ3v) is 2.97. The maximum Gasteiger partial charge on any atom is 0.308 e. The predicted octanol–water partition coefficient (Wildman–Crippen LogP) is 0.504. The number of carboxylic acids is 2. The van der Waals surface area contributed by atoms with Crippen molar-refractivity contribution in [3.63, 3.8) is 0 Å². The molecule has 0 saturated carbocycles. The second-order valence-electron chi connectivity index (χ2n) is 4.10. The van der Waals surface area contributed by atoms with Gasteiger partial charge < -0.3 is 15.1 Å². The number of rotatable bonds is 1. The number of carbonyl (C=O) groups is 2. The number of hydrogen-bond acceptors (Lipinski definition) is 3. The van der Waals surface area contributed by atoms with Crippen LogP contribution in [0.3, 0.4) is 0 Å². The number of carboxylic acid groups (broad SMARTS) is 2. The van der Waals surface area contributed by atoms with Crippen LogP contribution in [0.4, 0.5) is 0 Å². The van der Waals surface area contributed by atoms with Crippen molar-refractivity contribution in [2.24, 2.45) is 11.8 Å². The fourth-order valence-corrected chi connectivity index (χ4v) is 2.24. The van der Waals surface area contributed by atoms with Crippen molar-refractivity contribution in [2.45, 2.75) is 19.8 Å². The van der Waals surface area contributed by atoms with Gasteiger partial charge in [0.1, 0.15) is 0 Å². The van der Waals surface area contributed by atoms with Gasteiger partial charge in [0, 0.05) is 13.5 Å². The summed E-state index contributed by atoms with van der Waals surface area (Å²) < 4.78 is 0. The van der Waals surface area contributed by atoms with E-state index in [4.69, 9.17) is 15.0 Å². The Morgan fingerprint density at radius 3 is 1.87 bits per heavy atom. The Hall–Kier alpha value is -1.10. The standard InChI is InChI=1S/C8H13NO2.C2H4O2/c10-8(11)7-5-9-3-1-6(7)2-4-9;1-2(3)4/h6-7H,1-5H2,(H,10,11);1H3,(H,3,4). The molecule has 2 N–H and O–H groups in total. The molecule has 3 saturated heterocycles. The van der Waals surface area contributed by atoms with Gasteiger partial charge in [0.25, 0.3) is 5.97 Å². The summed E-state index contributed by atoms with van der Waals surface area (Å²) in [6.45, 7) is 4.11. The van der Waals surface area contributed by atoms with Crippen molar-refractivity contribution in [1.29, 1.82) is 0 Å². The van der Waals surface area contributed by atoms with Crippen molar-refractivity contribution >= 4 is 11.9 Å². The molecule has 15 heavy (non-hydrogen) atoms. The Balaban J connectivity index is 0.000000245. The molecule has 3 fully saturated rings. The monoisotopic (exact) mass is 215 g/mol. The van der Waals surface area contributed by atoms with Crippen LogP contribution in [0.2, 0.25) is 0 Å². The average molecular weight is 215 g/mol. The van der Waals surface area contributed by atoms with E-state index in [-0.39, 0.29) is 5.92 Å². The minimum Gasteiger partial charge on any atom is -0.481 e. The molecule has 5 nitrogen and oxygen atoms in total. The summed E-state index contributed by atoms with van der Waals surface area (Å²) in [6.07, 6.45) is 2.19. The minimum absolute atomic E-state index is 0.0718. The van der Waals surface area contributed by atoms with E-state index in [0.717, 1.165) is 39.4 Å². The Labute approximate surface area is 88.7 Å². The molecule has 86 valence electrons. The molecule has 3 rings (SSSR count). The Morgan fingerprint density at radius 1 is 1.20 bits per heavy atom. The van der Waals surface area contributed by atoms with Gasteiger partial charge in [-0.3, -0.25) is 9.59 Å². The molecule has 3 aliphatic rings. The lowest BCUT2D eigenvalue weighted by atomic mass is 9.79. The summed E-state index contributed by atoms with van der Waals surface area (Å²) in [7, 11) is 0. The molecule has 1 atom stereocenters. The van der Waals surface area contributed by atoms with Crippen molar-refractivity contribution in [2.75, 3.05) is 19.6 Å². The molecule has 0 aromatic rings. The average Bonchev–Trinajstić information content (AvgIpc) is 2.18. The number of nitrogens with zero attached hydrogens (tertiary/aromatic N) is 1. The molecule has 0 radical (unpaired) electrons. The van der Waals surface area contributed by atoms with E-state index in [1.54, 1.807) is 0 Å². The minimum atomic E-state index is -0.833. The van der Waals surface area contributed by atoms with Crippen LogP contribution in [-0.4, -0.2) is 46.7 Å². The van der Waals surface area contributed by atoms with Gasteiger partial charge >= 0.3 is 5.97 Å². The maximum atomic E-state index is 10.7. The van der Waals surface area contributed by atoms with Gasteiger partial charge in [0.05, 0.1) is 5.92 Å². The lowest BCUT2D eigenvalue weighted by Crippen LogP contribution is -2.49.